The number of aryl methyl sites for hydroxylation is 2. The van der Waals surface area contributed by atoms with Crippen LogP contribution in [0.1, 0.15) is 11.1 Å². The van der Waals surface area contributed by atoms with E-state index in [9.17, 15) is 9.18 Å². The van der Waals surface area contributed by atoms with Crippen LogP contribution >= 0.6 is 0 Å². The zero-order valence-corrected chi connectivity index (χ0v) is 14.5. The largest absolute Gasteiger partial charge is 0.326 e. The maximum Gasteiger partial charge on any atom is 0.256 e. The van der Waals surface area contributed by atoms with E-state index in [4.69, 9.17) is 0 Å². The number of H-pyrrole nitrogens is 1. The van der Waals surface area contributed by atoms with Crippen LogP contribution in [-0.4, -0.2) is 9.97 Å². The quantitative estimate of drug-likeness (QED) is 0.555. The van der Waals surface area contributed by atoms with Crippen LogP contribution in [0.15, 0.2) is 65.7 Å². The predicted molar refractivity (Wildman–Crippen MR) is 103 cm³/mol. The summed E-state index contributed by atoms with van der Waals surface area (Å²) >= 11 is 0. The van der Waals surface area contributed by atoms with Crippen LogP contribution in [-0.2, 0) is 0 Å². The van der Waals surface area contributed by atoms with Gasteiger partial charge in [0.1, 0.15) is 5.82 Å². The molecule has 0 radical (unpaired) electrons. The molecule has 0 saturated heterocycles. The molecule has 0 saturated carbocycles. The summed E-state index contributed by atoms with van der Waals surface area (Å²) in [6.07, 6.45) is 2.85. The molecule has 128 valence electrons. The lowest BCUT2D eigenvalue weighted by Crippen LogP contribution is -2.09. The average Bonchev–Trinajstić information content (AvgIpc) is 2.63. The Morgan fingerprint density at radius 3 is 2.42 bits per heavy atom. The third kappa shape index (κ3) is 2.90. The lowest BCUT2D eigenvalue weighted by molar-refractivity contribution is 0.621. The van der Waals surface area contributed by atoms with Crippen LogP contribution in [0.4, 0.5) is 4.39 Å². The standard InChI is InChI=1S/C22H17FN2O/c1-13-3-5-15(6-4-13)17-9-16-7-14(2)8-19(21(16)24-11-17)20-10-18(23)12-25-22(20)26/h3-12H,1-2H3,(H,25,26). The summed E-state index contributed by atoms with van der Waals surface area (Å²) in [6, 6.07) is 15.4. The number of aromatic amines is 1. The van der Waals surface area contributed by atoms with Gasteiger partial charge in [-0.25, -0.2) is 4.39 Å². The zero-order chi connectivity index (χ0) is 18.3. The zero-order valence-electron chi connectivity index (χ0n) is 14.5. The Bertz CT molecular complexity index is 1180. The van der Waals surface area contributed by atoms with Gasteiger partial charge in [-0.3, -0.25) is 9.78 Å². The molecule has 0 aliphatic carbocycles. The second kappa shape index (κ2) is 6.23. The van der Waals surface area contributed by atoms with Gasteiger partial charge in [-0.15, -0.1) is 0 Å². The molecule has 0 fully saturated rings. The van der Waals surface area contributed by atoms with E-state index in [1.54, 1.807) is 6.20 Å². The lowest BCUT2D eigenvalue weighted by atomic mass is 9.98. The first kappa shape index (κ1) is 16.2. The van der Waals surface area contributed by atoms with E-state index in [0.717, 1.165) is 28.3 Å². The van der Waals surface area contributed by atoms with E-state index >= 15 is 0 Å². The summed E-state index contributed by atoms with van der Waals surface area (Å²) in [4.78, 5) is 19.2. The molecular weight excluding hydrogens is 327 g/mol. The van der Waals surface area contributed by atoms with Crippen molar-refractivity contribution in [3.05, 3.63) is 88.2 Å². The molecule has 0 amide bonds. The second-order valence-electron chi connectivity index (χ2n) is 6.53. The van der Waals surface area contributed by atoms with Crippen molar-refractivity contribution in [1.82, 2.24) is 9.97 Å². The van der Waals surface area contributed by atoms with Crippen molar-refractivity contribution < 1.29 is 4.39 Å². The number of fused-ring (bicyclic) bond motifs is 1. The molecular formula is C22H17FN2O. The first-order valence-corrected chi connectivity index (χ1v) is 8.37. The van der Waals surface area contributed by atoms with Gasteiger partial charge in [0.15, 0.2) is 0 Å². The van der Waals surface area contributed by atoms with E-state index in [0.29, 0.717) is 11.1 Å². The molecule has 0 aliphatic heterocycles. The van der Waals surface area contributed by atoms with E-state index in [1.807, 2.05) is 19.1 Å². The van der Waals surface area contributed by atoms with Crippen LogP contribution in [0, 0.1) is 19.7 Å². The molecule has 1 N–H and O–H groups in total. The maximum atomic E-state index is 13.7. The average molecular weight is 344 g/mol. The molecule has 0 bridgehead atoms. The van der Waals surface area contributed by atoms with Crippen LogP contribution < -0.4 is 5.56 Å². The van der Waals surface area contributed by atoms with Gasteiger partial charge in [-0.2, -0.15) is 0 Å². The Morgan fingerprint density at radius 2 is 1.65 bits per heavy atom. The molecule has 0 atom stereocenters. The number of nitrogens with one attached hydrogen (secondary N) is 1. The van der Waals surface area contributed by atoms with Crippen molar-refractivity contribution in [3.63, 3.8) is 0 Å². The highest BCUT2D eigenvalue weighted by Gasteiger charge is 2.12. The van der Waals surface area contributed by atoms with Crippen molar-refractivity contribution in [2.24, 2.45) is 0 Å². The van der Waals surface area contributed by atoms with Crippen molar-refractivity contribution in [2.75, 3.05) is 0 Å². The van der Waals surface area contributed by atoms with E-state index in [2.05, 4.69) is 47.2 Å². The molecule has 0 spiro atoms. The molecule has 4 heteroatoms. The number of aromatic nitrogens is 2. The number of hydrogen-bond acceptors (Lipinski definition) is 2. The molecule has 4 aromatic rings. The van der Waals surface area contributed by atoms with Gasteiger partial charge in [0.2, 0.25) is 0 Å². The first-order chi connectivity index (χ1) is 12.5. The Hall–Kier alpha value is -3.27. The first-order valence-electron chi connectivity index (χ1n) is 8.37. The van der Waals surface area contributed by atoms with Crippen molar-refractivity contribution in [1.29, 1.82) is 0 Å². The van der Waals surface area contributed by atoms with Crippen molar-refractivity contribution in [2.45, 2.75) is 13.8 Å². The minimum Gasteiger partial charge on any atom is -0.326 e. The highest BCUT2D eigenvalue weighted by atomic mass is 19.1. The third-order valence-corrected chi connectivity index (χ3v) is 4.47. The summed E-state index contributed by atoms with van der Waals surface area (Å²) in [6.45, 7) is 4.00. The number of halogens is 1. The monoisotopic (exact) mass is 344 g/mol. The Balaban J connectivity index is 1.95. The smallest absolute Gasteiger partial charge is 0.256 e. The molecule has 4 rings (SSSR count). The lowest BCUT2D eigenvalue weighted by Gasteiger charge is -2.10. The normalized spacial score (nSPS) is 11.0. The number of rotatable bonds is 2. The van der Waals surface area contributed by atoms with Gasteiger partial charge >= 0.3 is 0 Å². The number of nitrogens with zero attached hydrogens (tertiary/aromatic N) is 1. The molecule has 3 nitrogen and oxygen atoms in total. The molecule has 2 aromatic carbocycles. The fourth-order valence-electron chi connectivity index (χ4n) is 3.17. The molecule has 0 unspecified atom stereocenters. The van der Waals surface area contributed by atoms with E-state index < -0.39 is 5.82 Å². The van der Waals surface area contributed by atoms with Gasteiger partial charge in [0.25, 0.3) is 5.56 Å². The van der Waals surface area contributed by atoms with Crippen molar-refractivity contribution >= 4 is 10.9 Å². The number of hydrogen-bond donors (Lipinski definition) is 1. The fourth-order valence-corrected chi connectivity index (χ4v) is 3.17. The highest BCUT2D eigenvalue weighted by Crippen LogP contribution is 2.30. The summed E-state index contributed by atoms with van der Waals surface area (Å²) < 4.78 is 13.7. The summed E-state index contributed by atoms with van der Waals surface area (Å²) in [5.74, 6) is -0.481. The number of benzene rings is 2. The van der Waals surface area contributed by atoms with Crippen LogP contribution in [0.5, 0.6) is 0 Å². The Labute approximate surface area is 150 Å². The van der Waals surface area contributed by atoms with Crippen LogP contribution in [0.25, 0.3) is 33.2 Å². The maximum absolute atomic E-state index is 13.7. The third-order valence-electron chi connectivity index (χ3n) is 4.47. The van der Waals surface area contributed by atoms with Gasteiger partial charge in [0, 0.05) is 28.9 Å². The SMILES string of the molecule is Cc1ccc(-c2cnc3c(-c4cc(F)c[nH]c4=O)cc(C)cc3c2)cc1. The topological polar surface area (TPSA) is 45.8 Å². The predicted octanol–water partition coefficient (Wildman–Crippen LogP) is 5.01. The fraction of sp³-hybridized carbons (Fsp3) is 0.0909. The highest BCUT2D eigenvalue weighted by molar-refractivity contribution is 5.95. The van der Waals surface area contributed by atoms with Gasteiger partial charge in [0.05, 0.1) is 11.1 Å². The minimum absolute atomic E-state index is 0.286. The molecule has 0 aliphatic rings. The Morgan fingerprint density at radius 1 is 0.885 bits per heavy atom. The molecule has 26 heavy (non-hydrogen) atoms. The molecule has 2 aromatic heterocycles. The second-order valence-corrected chi connectivity index (χ2v) is 6.53. The van der Waals surface area contributed by atoms with Gasteiger partial charge in [-0.05, 0) is 49.2 Å². The Kier molecular flexibility index (Phi) is 3.88. The van der Waals surface area contributed by atoms with Gasteiger partial charge in [-0.1, -0.05) is 29.8 Å². The van der Waals surface area contributed by atoms with Gasteiger partial charge < -0.3 is 4.98 Å². The van der Waals surface area contributed by atoms with Crippen LogP contribution in [0.3, 0.4) is 0 Å². The number of pyridine rings is 2. The van der Waals surface area contributed by atoms with Crippen LogP contribution in [0.2, 0.25) is 0 Å². The minimum atomic E-state index is -0.481. The summed E-state index contributed by atoms with van der Waals surface area (Å²) in [5.41, 5.74) is 5.54. The summed E-state index contributed by atoms with van der Waals surface area (Å²) in [7, 11) is 0. The molecule has 2 heterocycles. The van der Waals surface area contributed by atoms with E-state index in [-0.39, 0.29) is 11.1 Å². The van der Waals surface area contributed by atoms with E-state index in [1.165, 1.54) is 11.6 Å². The van der Waals surface area contributed by atoms with Crippen molar-refractivity contribution in [3.8, 4) is 22.3 Å². The summed E-state index contributed by atoms with van der Waals surface area (Å²) in [5, 5.41) is 0.918.